The zero-order chi connectivity index (χ0) is 18.5. The third kappa shape index (κ3) is 3.74. The summed E-state index contributed by atoms with van der Waals surface area (Å²) in [6.45, 7) is 0. The number of benzene rings is 1. The van der Waals surface area contributed by atoms with Crippen LogP contribution in [0.4, 0.5) is 0 Å². The van der Waals surface area contributed by atoms with Crippen LogP contribution >= 0.6 is 0 Å². The summed E-state index contributed by atoms with van der Waals surface area (Å²) in [7, 11) is 0. The number of nitrogens with one attached hydrogen (secondary N) is 1. The van der Waals surface area contributed by atoms with E-state index in [-0.39, 0.29) is 11.9 Å². The number of imidazole rings is 1. The van der Waals surface area contributed by atoms with Gasteiger partial charge in [0.2, 0.25) is 0 Å². The van der Waals surface area contributed by atoms with Gasteiger partial charge in [0.15, 0.2) is 0 Å². The highest BCUT2D eigenvalue weighted by molar-refractivity contribution is 5.94. The SMILES string of the molecule is O=C(NC(c1ccccc1)c1ccccn1)c1ccc(-n2ccnc2)nc1. The fourth-order valence-electron chi connectivity index (χ4n) is 2.80. The monoisotopic (exact) mass is 355 g/mol. The van der Waals surface area contributed by atoms with E-state index < -0.39 is 0 Å². The largest absolute Gasteiger partial charge is 0.339 e. The van der Waals surface area contributed by atoms with Crippen LogP contribution in [0.5, 0.6) is 0 Å². The molecule has 0 radical (unpaired) electrons. The van der Waals surface area contributed by atoms with Crippen LogP contribution in [0.25, 0.3) is 5.82 Å². The lowest BCUT2D eigenvalue weighted by Crippen LogP contribution is -2.30. The number of pyridine rings is 2. The van der Waals surface area contributed by atoms with Gasteiger partial charge in [-0.25, -0.2) is 9.97 Å². The Kier molecular flexibility index (Phi) is 4.70. The van der Waals surface area contributed by atoms with E-state index in [4.69, 9.17) is 0 Å². The van der Waals surface area contributed by atoms with Crippen molar-refractivity contribution in [3.63, 3.8) is 0 Å². The minimum absolute atomic E-state index is 0.209. The lowest BCUT2D eigenvalue weighted by Gasteiger charge is -2.19. The van der Waals surface area contributed by atoms with Crippen molar-refractivity contribution in [2.75, 3.05) is 0 Å². The number of hydrogen-bond donors (Lipinski definition) is 1. The molecule has 0 bridgehead atoms. The highest BCUT2D eigenvalue weighted by atomic mass is 16.1. The predicted octanol–water partition coefficient (Wildman–Crippen LogP) is 3.18. The minimum atomic E-state index is -0.340. The topological polar surface area (TPSA) is 72.7 Å². The number of hydrogen-bond acceptors (Lipinski definition) is 4. The van der Waals surface area contributed by atoms with Crippen molar-refractivity contribution in [1.82, 2.24) is 24.8 Å². The van der Waals surface area contributed by atoms with Gasteiger partial charge in [0.25, 0.3) is 5.91 Å². The fourth-order valence-corrected chi connectivity index (χ4v) is 2.80. The lowest BCUT2D eigenvalue weighted by molar-refractivity contribution is 0.0942. The van der Waals surface area contributed by atoms with Gasteiger partial charge in [0.05, 0.1) is 17.3 Å². The maximum absolute atomic E-state index is 12.8. The molecule has 0 aliphatic carbocycles. The molecule has 1 aromatic carbocycles. The Bertz CT molecular complexity index is 960. The Morgan fingerprint density at radius 3 is 2.44 bits per heavy atom. The van der Waals surface area contributed by atoms with Crippen molar-refractivity contribution in [2.45, 2.75) is 6.04 Å². The maximum atomic E-state index is 12.8. The summed E-state index contributed by atoms with van der Waals surface area (Å²) in [5, 5.41) is 3.06. The van der Waals surface area contributed by atoms with Crippen molar-refractivity contribution in [3.05, 3.63) is 109 Å². The molecule has 3 aromatic heterocycles. The smallest absolute Gasteiger partial charge is 0.253 e. The van der Waals surface area contributed by atoms with Gasteiger partial charge < -0.3 is 5.32 Å². The number of nitrogens with zero attached hydrogens (tertiary/aromatic N) is 4. The fraction of sp³-hybridized carbons (Fsp3) is 0.0476. The summed E-state index contributed by atoms with van der Waals surface area (Å²) < 4.78 is 1.78. The molecule has 4 rings (SSSR count). The summed E-state index contributed by atoms with van der Waals surface area (Å²) in [5.41, 5.74) is 2.23. The van der Waals surface area contributed by atoms with Crippen LogP contribution in [0.3, 0.4) is 0 Å². The highest BCUT2D eigenvalue weighted by Crippen LogP contribution is 2.20. The summed E-state index contributed by atoms with van der Waals surface area (Å²) >= 11 is 0. The van der Waals surface area contributed by atoms with E-state index in [1.807, 2.05) is 48.5 Å². The average molecular weight is 355 g/mol. The number of rotatable bonds is 5. The average Bonchev–Trinajstić information content (AvgIpc) is 3.28. The molecule has 6 heteroatoms. The first kappa shape index (κ1) is 16.7. The van der Waals surface area contributed by atoms with Gasteiger partial charge in [-0.3, -0.25) is 14.3 Å². The van der Waals surface area contributed by atoms with Crippen LogP contribution in [-0.4, -0.2) is 25.4 Å². The minimum Gasteiger partial charge on any atom is -0.339 e. The number of carbonyl (C=O) groups is 1. The van der Waals surface area contributed by atoms with Crippen molar-refractivity contribution >= 4 is 5.91 Å². The van der Waals surface area contributed by atoms with Crippen LogP contribution in [0.2, 0.25) is 0 Å². The Hall–Kier alpha value is -3.80. The molecular formula is C21H17N5O. The van der Waals surface area contributed by atoms with E-state index in [9.17, 15) is 4.79 Å². The second kappa shape index (κ2) is 7.61. The second-order valence-corrected chi connectivity index (χ2v) is 5.95. The van der Waals surface area contributed by atoms with Gasteiger partial charge in [0, 0.05) is 24.8 Å². The van der Waals surface area contributed by atoms with Crippen molar-refractivity contribution in [3.8, 4) is 5.82 Å². The first-order chi connectivity index (χ1) is 13.3. The zero-order valence-electron chi connectivity index (χ0n) is 14.4. The highest BCUT2D eigenvalue weighted by Gasteiger charge is 2.19. The molecule has 1 N–H and O–H groups in total. The molecule has 0 aliphatic rings. The molecule has 6 nitrogen and oxygen atoms in total. The lowest BCUT2D eigenvalue weighted by atomic mass is 10.0. The summed E-state index contributed by atoms with van der Waals surface area (Å²) in [6, 6.07) is 18.6. The second-order valence-electron chi connectivity index (χ2n) is 5.95. The maximum Gasteiger partial charge on any atom is 0.253 e. The molecule has 0 spiro atoms. The van der Waals surface area contributed by atoms with E-state index in [1.165, 1.54) is 0 Å². The first-order valence-corrected chi connectivity index (χ1v) is 8.52. The molecule has 1 atom stereocenters. The molecule has 27 heavy (non-hydrogen) atoms. The molecule has 0 saturated heterocycles. The van der Waals surface area contributed by atoms with E-state index in [1.54, 1.807) is 47.8 Å². The Morgan fingerprint density at radius 2 is 1.78 bits per heavy atom. The standard InChI is InChI=1S/C21H17N5O/c27-21(17-9-10-19(24-14-17)26-13-12-22-15-26)25-20(16-6-2-1-3-7-16)18-8-4-5-11-23-18/h1-15,20H,(H,25,27). The molecule has 1 unspecified atom stereocenters. The van der Waals surface area contributed by atoms with Crippen LogP contribution in [-0.2, 0) is 0 Å². The van der Waals surface area contributed by atoms with Crippen LogP contribution in [0, 0.1) is 0 Å². The molecule has 3 heterocycles. The normalized spacial score (nSPS) is 11.7. The molecule has 0 saturated carbocycles. The Balaban J connectivity index is 1.58. The van der Waals surface area contributed by atoms with E-state index in [2.05, 4.69) is 20.3 Å². The molecule has 0 fully saturated rings. The molecule has 132 valence electrons. The van der Waals surface area contributed by atoms with E-state index >= 15 is 0 Å². The third-order valence-corrected chi connectivity index (χ3v) is 4.17. The van der Waals surface area contributed by atoms with E-state index in [0.29, 0.717) is 11.4 Å². The quantitative estimate of drug-likeness (QED) is 0.597. The van der Waals surface area contributed by atoms with E-state index in [0.717, 1.165) is 11.3 Å². The molecular weight excluding hydrogens is 338 g/mol. The zero-order valence-corrected chi connectivity index (χ0v) is 14.4. The van der Waals surface area contributed by atoms with Crippen molar-refractivity contribution in [2.24, 2.45) is 0 Å². The van der Waals surface area contributed by atoms with Gasteiger partial charge in [-0.15, -0.1) is 0 Å². The summed E-state index contributed by atoms with van der Waals surface area (Å²) in [5.74, 6) is 0.493. The first-order valence-electron chi connectivity index (χ1n) is 8.52. The number of aromatic nitrogens is 4. The van der Waals surface area contributed by atoms with Crippen molar-refractivity contribution in [1.29, 1.82) is 0 Å². The van der Waals surface area contributed by atoms with Gasteiger partial charge >= 0.3 is 0 Å². The Labute approximate surface area is 156 Å². The summed E-state index contributed by atoms with van der Waals surface area (Å²) in [4.78, 5) is 25.6. The summed E-state index contributed by atoms with van der Waals surface area (Å²) in [6.07, 6.45) is 8.42. The van der Waals surface area contributed by atoms with Crippen LogP contribution in [0.1, 0.15) is 27.7 Å². The molecule has 0 aliphatic heterocycles. The number of amides is 1. The third-order valence-electron chi connectivity index (χ3n) is 4.17. The van der Waals surface area contributed by atoms with Crippen LogP contribution < -0.4 is 5.32 Å². The van der Waals surface area contributed by atoms with Crippen molar-refractivity contribution < 1.29 is 4.79 Å². The molecule has 1 amide bonds. The molecule has 4 aromatic rings. The predicted molar refractivity (Wildman–Crippen MR) is 101 cm³/mol. The number of carbonyl (C=O) groups excluding carboxylic acids is 1. The van der Waals surface area contributed by atoms with Gasteiger partial charge in [0.1, 0.15) is 12.1 Å². The van der Waals surface area contributed by atoms with Gasteiger partial charge in [-0.05, 0) is 29.8 Å². The van der Waals surface area contributed by atoms with Gasteiger partial charge in [-0.2, -0.15) is 0 Å². The van der Waals surface area contributed by atoms with Crippen LogP contribution in [0.15, 0.2) is 91.8 Å². The van der Waals surface area contributed by atoms with Gasteiger partial charge in [-0.1, -0.05) is 36.4 Å². The Morgan fingerprint density at radius 1 is 0.926 bits per heavy atom.